The van der Waals surface area contributed by atoms with E-state index >= 15 is 9.13 Å². The van der Waals surface area contributed by atoms with E-state index in [-0.39, 0.29) is 0 Å². The molecular weight excluding hydrogens is 927 g/mol. The maximum atomic E-state index is 18.1. The zero-order valence-corrected chi connectivity index (χ0v) is 43.0. The SMILES string of the molecule is Cc1ccc(N2c3cc(C)cc4c3P3(=O)c5c2cc(C)cc5N(c2ccc(C)cc2)c2c5c6c(c(c23)O4)Oc2cc(C)cc3c2P6(=O)c2c(cc(C)cc2N5c2ccc(C)cc2)N3c2ccc(C)cc2)cc1. The molecule has 0 N–H and O–H groups in total. The van der Waals surface area contributed by atoms with E-state index in [0.29, 0.717) is 55.6 Å². The number of anilines is 12. The van der Waals surface area contributed by atoms with Gasteiger partial charge in [-0.05, 0) is 175 Å². The van der Waals surface area contributed by atoms with Crippen molar-refractivity contribution in [3.63, 3.8) is 0 Å². The van der Waals surface area contributed by atoms with Crippen LogP contribution in [-0.4, -0.2) is 0 Å². The molecule has 6 heterocycles. The number of aryl methyl sites for hydroxylation is 8. The van der Waals surface area contributed by atoms with Crippen LogP contribution in [0, 0.1) is 55.4 Å². The van der Waals surface area contributed by atoms with E-state index in [1.165, 1.54) is 0 Å². The lowest BCUT2D eigenvalue weighted by Crippen LogP contribution is -2.50. The van der Waals surface area contributed by atoms with E-state index in [2.05, 4.69) is 208 Å². The second-order valence-electron chi connectivity index (χ2n) is 20.7. The minimum absolute atomic E-state index is 0.347. The second-order valence-corrected chi connectivity index (χ2v) is 25.8. The molecule has 0 amide bonds. The Morgan fingerprint density at radius 2 is 0.542 bits per heavy atom. The molecule has 15 rings (SSSR count). The van der Waals surface area contributed by atoms with Crippen molar-refractivity contribution in [1.82, 2.24) is 0 Å². The Hall–Kier alpha value is -7.76. The molecule has 0 aromatic heterocycles. The summed E-state index contributed by atoms with van der Waals surface area (Å²) in [5.41, 5.74) is 18.4. The molecule has 10 heteroatoms. The minimum atomic E-state index is -3.94. The molecule has 0 spiro atoms. The van der Waals surface area contributed by atoms with Gasteiger partial charge < -0.3 is 38.2 Å². The van der Waals surface area contributed by atoms with Crippen LogP contribution >= 0.6 is 14.3 Å². The lowest BCUT2D eigenvalue weighted by atomic mass is 10.0. The first kappa shape index (κ1) is 42.0. The van der Waals surface area contributed by atoms with Crippen molar-refractivity contribution in [1.29, 1.82) is 0 Å². The first-order valence-corrected chi connectivity index (χ1v) is 28.0. The summed E-state index contributed by atoms with van der Waals surface area (Å²) in [4.78, 5) is 9.14. The molecule has 9 aromatic carbocycles. The van der Waals surface area contributed by atoms with Gasteiger partial charge in [-0.3, -0.25) is 0 Å². The lowest BCUT2D eigenvalue weighted by Gasteiger charge is -2.52. The monoisotopic (exact) mass is 974 g/mol. The fraction of sp³-hybridized carbons (Fsp3) is 0.129. The maximum Gasteiger partial charge on any atom is 0.186 e. The summed E-state index contributed by atoms with van der Waals surface area (Å²) in [6.45, 7) is 16.8. The second kappa shape index (κ2) is 14.0. The lowest BCUT2D eigenvalue weighted by molar-refractivity contribution is 0.423. The third-order valence-electron chi connectivity index (χ3n) is 15.5. The number of hydrogen-bond donors (Lipinski definition) is 0. The van der Waals surface area contributed by atoms with Gasteiger partial charge >= 0.3 is 0 Å². The average molecular weight is 975 g/mol. The van der Waals surface area contributed by atoms with Crippen LogP contribution in [0.5, 0.6) is 23.0 Å². The van der Waals surface area contributed by atoms with Gasteiger partial charge in [0, 0.05) is 22.7 Å². The van der Waals surface area contributed by atoms with Crippen LogP contribution < -0.4 is 60.9 Å². The van der Waals surface area contributed by atoms with E-state index in [1.807, 2.05) is 12.1 Å². The molecule has 6 aliphatic rings. The van der Waals surface area contributed by atoms with Gasteiger partial charge in [0.1, 0.15) is 11.5 Å². The Balaban J connectivity index is 1.16. The van der Waals surface area contributed by atoms with Crippen molar-refractivity contribution < 1.29 is 18.6 Å². The summed E-state index contributed by atoms with van der Waals surface area (Å²) in [5.74, 6) is 1.71. The van der Waals surface area contributed by atoms with Crippen molar-refractivity contribution >= 4 is 114 Å². The molecule has 2 atom stereocenters. The summed E-state index contributed by atoms with van der Waals surface area (Å²) in [7, 11) is -7.88. The summed E-state index contributed by atoms with van der Waals surface area (Å²) < 4.78 is 51.2. The summed E-state index contributed by atoms with van der Waals surface area (Å²) in [5, 5.41) is 3.87. The standard InChI is InChI=1S/C62H48N4O4P2/c1-33-9-17-41(18-10-33)63-45-25-37(5)27-47-57(45)71(67)59-49(63)29-39(7)31-51(59)69-55-56-62-54(53(61(55)71)65(47)43-21-13-35(3)14-22-43)66(44-23-15-36(4)16-24-44)48-28-38(6)26-46-58(48)72(62,68)60-50(30-40(8)32-52(60)70-56)64(46)42-19-11-34(2)12-20-42/h9-32H,1-8H3. The molecule has 6 aliphatic heterocycles. The molecular formula is C62H48N4O4P2. The van der Waals surface area contributed by atoms with Gasteiger partial charge in [-0.1, -0.05) is 70.8 Å². The number of ether oxygens (including phenoxy) is 2. The predicted molar refractivity (Wildman–Crippen MR) is 296 cm³/mol. The normalized spacial score (nSPS) is 18.3. The topological polar surface area (TPSA) is 65.6 Å². The van der Waals surface area contributed by atoms with Crippen LogP contribution in [0.4, 0.5) is 68.2 Å². The average Bonchev–Trinajstić information content (AvgIpc) is 3.33. The highest BCUT2D eigenvalue weighted by atomic mass is 31.2. The summed E-state index contributed by atoms with van der Waals surface area (Å²) in [6, 6.07) is 51.4. The van der Waals surface area contributed by atoms with E-state index < -0.39 is 14.3 Å². The first-order chi connectivity index (χ1) is 34.7. The van der Waals surface area contributed by atoms with E-state index in [1.54, 1.807) is 0 Å². The molecule has 0 radical (unpaired) electrons. The van der Waals surface area contributed by atoms with E-state index in [0.717, 1.165) is 112 Å². The third kappa shape index (κ3) is 5.18. The molecule has 0 saturated carbocycles. The third-order valence-corrected chi connectivity index (χ3v) is 21.9. The Labute approximate surface area is 419 Å². The molecule has 0 aliphatic carbocycles. The zero-order chi connectivity index (χ0) is 49.0. The number of rotatable bonds is 4. The largest absolute Gasteiger partial charge is 0.452 e. The fourth-order valence-electron chi connectivity index (χ4n) is 12.5. The van der Waals surface area contributed by atoms with E-state index in [4.69, 9.17) is 9.47 Å². The van der Waals surface area contributed by atoms with Gasteiger partial charge in [0.2, 0.25) is 0 Å². The van der Waals surface area contributed by atoms with Crippen LogP contribution in [0.15, 0.2) is 146 Å². The smallest absolute Gasteiger partial charge is 0.186 e. The predicted octanol–water partition coefficient (Wildman–Crippen LogP) is 14.8. The Bertz CT molecular complexity index is 3830. The number of fused-ring (bicyclic) bond motifs is 2. The van der Waals surface area contributed by atoms with Gasteiger partial charge in [-0.15, -0.1) is 0 Å². The summed E-state index contributed by atoms with van der Waals surface area (Å²) in [6.07, 6.45) is 0. The van der Waals surface area contributed by atoms with Gasteiger partial charge in [0.25, 0.3) is 0 Å². The molecule has 0 bridgehead atoms. The minimum Gasteiger partial charge on any atom is -0.452 e. The molecule has 2 unspecified atom stereocenters. The molecule has 0 fully saturated rings. The molecule has 9 aromatic rings. The summed E-state index contributed by atoms with van der Waals surface area (Å²) >= 11 is 0. The van der Waals surface area contributed by atoms with Gasteiger partial charge in [0.05, 0.1) is 77.3 Å². The van der Waals surface area contributed by atoms with Crippen LogP contribution in [0.25, 0.3) is 0 Å². The van der Waals surface area contributed by atoms with Crippen LogP contribution in [0.1, 0.15) is 44.5 Å². The zero-order valence-electron chi connectivity index (χ0n) is 41.2. The molecule has 350 valence electrons. The molecule has 8 nitrogen and oxygen atoms in total. The molecule has 0 saturated heterocycles. The quantitative estimate of drug-likeness (QED) is 0.162. The van der Waals surface area contributed by atoms with Crippen LogP contribution in [0.3, 0.4) is 0 Å². The Kier molecular flexibility index (Phi) is 8.17. The number of benzene rings is 9. The van der Waals surface area contributed by atoms with Gasteiger partial charge in [0.15, 0.2) is 25.8 Å². The highest BCUT2D eigenvalue weighted by Crippen LogP contribution is 2.74. The maximum absolute atomic E-state index is 18.1. The Morgan fingerprint density at radius 1 is 0.292 bits per heavy atom. The van der Waals surface area contributed by atoms with Crippen molar-refractivity contribution in [2.75, 3.05) is 19.6 Å². The van der Waals surface area contributed by atoms with E-state index in [9.17, 15) is 0 Å². The molecule has 72 heavy (non-hydrogen) atoms. The van der Waals surface area contributed by atoms with Crippen molar-refractivity contribution in [3.8, 4) is 23.0 Å². The highest BCUT2D eigenvalue weighted by Gasteiger charge is 2.62. The number of nitrogens with zero attached hydrogens (tertiary/aromatic N) is 4. The first-order valence-electron chi connectivity index (χ1n) is 24.6. The Morgan fingerprint density at radius 3 is 0.847 bits per heavy atom. The van der Waals surface area contributed by atoms with Crippen LogP contribution in [0.2, 0.25) is 0 Å². The highest BCUT2D eigenvalue weighted by molar-refractivity contribution is 7.88. The van der Waals surface area contributed by atoms with Gasteiger partial charge in [-0.2, -0.15) is 0 Å². The fourth-order valence-corrected chi connectivity index (χ4v) is 19.5. The van der Waals surface area contributed by atoms with Crippen molar-refractivity contribution in [3.05, 3.63) is 190 Å². The van der Waals surface area contributed by atoms with Crippen LogP contribution in [-0.2, 0) is 9.13 Å². The van der Waals surface area contributed by atoms with Gasteiger partial charge in [-0.25, -0.2) is 0 Å². The van der Waals surface area contributed by atoms with Crippen molar-refractivity contribution in [2.24, 2.45) is 0 Å². The van der Waals surface area contributed by atoms with Crippen molar-refractivity contribution in [2.45, 2.75) is 55.4 Å². The number of hydrogen-bond acceptors (Lipinski definition) is 8.